The van der Waals surface area contributed by atoms with Gasteiger partial charge in [-0.15, -0.1) is 11.3 Å². The summed E-state index contributed by atoms with van der Waals surface area (Å²) in [5.74, 6) is 0.107. The Labute approximate surface area is 218 Å². The quantitative estimate of drug-likeness (QED) is 0.342. The number of aromatic nitrogens is 3. The van der Waals surface area contributed by atoms with Gasteiger partial charge in [-0.1, -0.05) is 26.8 Å². The van der Waals surface area contributed by atoms with Gasteiger partial charge in [0, 0.05) is 17.6 Å². The zero-order valence-corrected chi connectivity index (χ0v) is 21.9. The van der Waals surface area contributed by atoms with Crippen LogP contribution in [-0.4, -0.2) is 33.3 Å². The summed E-state index contributed by atoms with van der Waals surface area (Å²) in [5, 5.41) is 6.60. The zero-order chi connectivity index (χ0) is 26.2. The second-order valence-electron chi connectivity index (χ2n) is 10.4. The predicted molar refractivity (Wildman–Crippen MR) is 143 cm³/mol. The fraction of sp³-hybridized carbons (Fsp3) is 0.370. The molecule has 0 bridgehead atoms. The van der Waals surface area contributed by atoms with Crippen LogP contribution in [0.2, 0.25) is 0 Å². The van der Waals surface area contributed by atoms with E-state index < -0.39 is 11.9 Å². The van der Waals surface area contributed by atoms with Crippen LogP contribution in [0.1, 0.15) is 70.5 Å². The Morgan fingerprint density at radius 2 is 2.05 bits per heavy atom. The number of rotatable bonds is 6. The molecule has 0 aromatic carbocycles. The van der Waals surface area contributed by atoms with Gasteiger partial charge < -0.3 is 20.8 Å². The van der Waals surface area contributed by atoms with Gasteiger partial charge in [0.2, 0.25) is 0 Å². The Morgan fingerprint density at radius 1 is 1.22 bits per heavy atom. The minimum absolute atomic E-state index is 0.0649. The van der Waals surface area contributed by atoms with Crippen molar-refractivity contribution in [2.45, 2.75) is 46.1 Å². The zero-order valence-electron chi connectivity index (χ0n) is 21.1. The average molecular weight is 519 g/mol. The maximum Gasteiger partial charge on any atom is 0.312 e. The van der Waals surface area contributed by atoms with E-state index in [1.807, 2.05) is 6.07 Å². The second-order valence-corrected chi connectivity index (χ2v) is 11.4. The number of pyridine rings is 2. The molecule has 4 heterocycles. The summed E-state index contributed by atoms with van der Waals surface area (Å²) in [6.07, 6.45) is 5.83. The molecule has 0 unspecified atom stereocenters. The lowest BCUT2D eigenvalue weighted by molar-refractivity contribution is 0.0939. The van der Waals surface area contributed by atoms with Crippen LogP contribution in [0.5, 0.6) is 0 Å². The topological polar surface area (TPSA) is 136 Å². The monoisotopic (exact) mass is 518 g/mol. The lowest BCUT2D eigenvalue weighted by Gasteiger charge is -2.34. The maximum atomic E-state index is 13.2. The van der Waals surface area contributed by atoms with Crippen LogP contribution >= 0.6 is 11.3 Å². The molecule has 0 spiro atoms. The van der Waals surface area contributed by atoms with E-state index in [0.29, 0.717) is 22.3 Å². The van der Waals surface area contributed by atoms with Crippen LogP contribution < -0.4 is 16.4 Å². The van der Waals surface area contributed by atoms with Crippen LogP contribution in [0, 0.1) is 11.3 Å². The number of oxazole rings is 1. The number of amides is 2. The summed E-state index contributed by atoms with van der Waals surface area (Å²) in [6, 6.07) is 8.70. The highest BCUT2D eigenvalue weighted by atomic mass is 32.1. The Kier molecular flexibility index (Phi) is 6.78. The summed E-state index contributed by atoms with van der Waals surface area (Å²) in [5.41, 5.74) is 9.21. The van der Waals surface area contributed by atoms with Gasteiger partial charge >= 0.3 is 5.91 Å². The van der Waals surface area contributed by atoms with Gasteiger partial charge in [0.1, 0.15) is 16.9 Å². The first-order chi connectivity index (χ1) is 17.7. The summed E-state index contributed by atoms with van der Waals surface area (Å²) >= 11 is 1.38. The first kappa shape index (κ1) is 25.0. The number of hydrogen-bond acceptors (Lipinski definition) is 8. The highest BCUT2D eigenvalue weighted by molar-refractivity contribution is 7.20. The van der Waals surface area contributed by atoms with Crippen LogP contribution in [-0.2, 0) is 12.8 Å². The number of nitrogens with two attached hydrogens (primary N) is 1. The fourth-order valence-corrected chi connectivity index (χ4v) is 5.62. The molecule has 4 N–H and O–H groups in total. The van der Waals surface area contributed by atoms with E-state index in [-0.39, 0.29) is 23.8 Å². The molecule has 1 aliphatic rings. The third-order valence-corrected chi connectivity index (χ3v) is 7.90. The van der Waals surface area contributed by atoms with Crippen molar-refractivity contribution in [3.05, 3.63) is 70.5 Å². The molecule has 2 amide bonds. The molecule has 0 fully saturated rings. The van der Waals surface area contributed by atoms with Gasteiger partial charge in [-0.3, -0.25) is 9.59 Å². The fourth-order valence-electron chi connectivity index (χ4n) is 4.68. The third kappa shape index (κ3) is 5.40. The number of aryl methyl sites for hydroxylation is 1. The van der Waals surface area contributed by atoms with Crippen LogP contribution in [0.4, 0.5) is 5.82 Å². The molecule has 37 heavy (non-hydrogen) atoms. The van der Waals surface area contributed by atoms with E-state index in [4.69, 9.17) is 15.1 Å². The third-order valence-electron chi connectivity index (χ3n) is 6.86. The molecule has 0 saturated heterocycles. The largest absolute Gasteiger partial charge is 0.441 e. The maximum absolute atomic E-state index is 13.2. The van der Waals surface area contributed by atoms with E-state index >= 15 is 0 Å². The lowest BCUT2D eigenvalue weighted by Crippen LogP contribution is -2.33. The van der Waals surface area contributed by atoms with Crippen molar-refractivity contribution in [2.24, 2.45) is 17.1 Å². The Morgan fingerprint density at radius 3 is 2.78 bits per heavy atom. The summed E-state index contributed by atoms with van der Waals surface area (Å²) in [7, 11) is 0. The van der Waals surface area contributed by atoms with Crippen LogP contribution in [0.15, 0.2) is 47.2 Å². The number of nitrogens with one attached hydrogen (secondary N) is 2. The number of anilines is 1. The van der Waals surface area contributed by atoms with Crippen molar-refractivity contribution in [1.29, 1.82) is 0 Å². The minimum atomic E-state index is -0.537. The van der Waals surface area contributed by atoms with E-state index in [9.17, 15) is 9.59 Å². The lowest BCUT2D eigenvalue weighted by atomic mass is 9.71. The normalized spacial score (nSPS) is 16.3. The molecule has 2 atom stereocenters. The van der Waals surface area contributed by atoms with Gasteiger partial charge in [0.25, 0.3) is 11.8 Å². The first-order valence-corrected chi connectivity index (χ1v) is 13.1. The van der Waals surface area contributed by atoms with Gasteiger partial charge in [-0.25, -0.2) is 15.0 Å². The Hall–Kier alpha value is -3.63. The average Bonchev–Trinajstić information content (AvgIpc) is 3.55. The van der Waals surface area contributed by atoms with Gasteiger partial charge in [-0.2, -0.15) is 0 Å². The molecule has 0 aliphatic heterocycles. The standard InChI is InChI=1S/C27H30N6O3S/c1-27(2,3)17-7-8-18-15(12-17)11-16-13-21(37-26(16)32-18)23(34)31-20(14-28)19-5-4-6-22(30-19)33-24(35)25-29-9-10-36-25/h4-6,9-11,13,17,20H,7-8,12,14,28H2,1-3H3,(H,31,34)(H,30,33,35)/t17-,20-/m1/s1. The smallest absolute Gasteiger partial charge is 0.312 e. The molecule has 4 aromatic rings. The number of hydrogen-bond donors (Lipinski definition) is 3. The van der Waals surface area contributed by atoms with Crippen molar-refractivity contribution in [3.8, 4) is 0 Å². The van der Waals surface area contributed by atoms with Gasteiger partial charge in [0.05, 0.1) is 22.8 Å². The van der Waals surface area contributed by atoms with Crippen LogP contribution in [0.25, 0.3) is 10.2 Å². The summed E-state index contributed by atoms with van der Waals surface area (Å²) in [6.45, 7) is 7.03. The van der Waals surface area contributed by atoms with Crippen molar-refractivity contribution in [3.63, 3.8) is 0 Å². The van der Waals surface area contributed by atoms with Crippen molar-refractivity contribution >= 4 is 39.2 Å². The van der Waals surface area contributed by atoms with E-state index in [1.54, 1.807) is 18.2 Å². The Balaban J connectivity index is 1.31. The number of carbonyl (C=O) groups is 2. The molecule has 192 valence electrons. The number of fused-ring (bicyclic) bond motifs is 2. The van der Waals surface area contributed by atoms with E-state index in [1.165, 1.54) is 29.4 Å². The SMILES string of the molecule is CC(C)(C)[C@@H]1CCc2nc3sc(C(=O)N[C@H](CN)c4cccc(NC(=O)c5ncco5)n4)cc3cc2C1. The van der Waals surface area contributed by atoms with E-state index in [2.05, 4.69) is 47.4 Å². The minimum Gasteiger partial charge on any atom is -0.441 e. The van der Waals surface area contributed by atoms with Gasteiger partial charge in [0.15, 0.2) is 0 Å². The molecule has 0 radical (unpaired) electrons. The van der Waals surface area contributed by atoms with Gasteiger partial charge in [-0.05, 0) is 60.4 Å². The van der Waals surface area contributed by atoms with Crippen molar-refractivity contribution in [1.82, 2.24) is 20.3 Å². The molecule has 0 saturated carbocycles. The Bertz CT molecular complexity index is 1440. The summed E-state index contributed by atoms with van der Waals surface area (Å²) < 4.78 is 5.01. The number of nitrogens with zero attached hydrogens (tertiary/aromatic N) is 3. The first-order valence-electron chi connectivity index (χ1n) is 12.3. The predicted octanol–water partition coefficient (Wildman–Crippen LogP) is 4.51. The highest BCUT2D eigenvalue weighted by Crippen LogP contribution is 2.38. The summed E-state index contributed by atoms with van der Waals surface area (Å²) in [4.78, 5) is 40.0. The molecule has 5 rings (SSSR count). The molecule has 1 aliphatic carbocycles. The molecule has 10 heteroatoms. The van der Waals surface area contributed by atoms with E-state index in [0.717, 1.165) is 35.2 Å². The van der Waals surface area contributed by atoms with Crippen molar-refractivity contribution in [2.75, 3.05) is 11.9 Å². The molecular weight excluding hydrogens is 488 g/mol. The molecular formula is C27H30N6O3S. The highest BCUT2D eigenvalue weighted by Gasteiger charge is 2.30. The number of thiophene rings is 1. The molecule has 9 nitrogen and oxygen atoms in total. The second kappa shape index (κ2) is 10.0. The molecule has 4 aromatic heterocycles. The van der Waals surface area contributed by atoms with Crippen molar-refractivity contribution < 1.29 is 14.0 Å². The van der Waals surface area contributed by atoms with Crippen LogP contribution in [0.3, 0.4) is 0 Å². The number of carbonyl (C=O) groups excluding carboxylic acids is 2.